The third kappa shape index (κ3) is 12.9. The summed E-state index contributed by atoms with van der Waals surface area (Å²) in [6.07, 6.45) is 21.6. The number of unbranched alkanes of at least 4 members (excludes halogenated alkanes) is 1. The summed E-state index contributed by atoms with van der Waals surface area (Å²) < 4.78 is 6.90. The van der Waals surface area contributed by atoms with Crippen LogP contribution in [0, 0.1) is 11.8 Å². The molecule has 2 saturated carbocycles. The van der Waals surface area contributed by atoms with Crippen molar-refractivity contribution in [2.45, 2.75) is 128 Å². The van der Waals surface area contributed by atoms with Gasteiger partial charge in [-0.25, -0.2) is 4.79 Å². The summed E-state index contributed by atoms with van der Waals surface area (Å²) in [4.78, 5) is 24.8. The fraction of sp³-hybridized carbons (Fsp3) is 0.758. The Kier molecular flexibility index (Phi) is 14.9. The number of hydrogen-bond donors (Lipinski definition) is 2. The van der Waals surface area contributed by atoms with Crippen molar-refractivity contribution in [2.24, 2.45) is 11.8 Å². The fourth-order valence-corrected chi connectivity index (χ4v) is 6.45. The van der Waals surface area contributed by atoms with Crippen molar-refractivity contribution in [2.75, 3.05) is 19.7 Å². The Morgan fingerprint density at radius 3 is 1.92 bits per heavy atom. The van der Waals surface area contributed by atoms with E-state index in [1.54, 1.807) is 12.1 Å². The Morgan fingerprint density at radius 2 is 1.36 bits per heavy atom. The van der Waals surface area contributed by atoms with Crippen LogP contribution in [0.25, 0.3) is 0 Å². The highest BCUT2D eigenvalue weighted by molar-refractivity contribution is 5.87. The summed E-state index contributed by atoms with van der Waals surface area (Å²) >= 11 is 0. The van der Waals surface area contributed by atoms with Gasteiger partial charge in [-0.3, -0.25) is 9.69 Å². The van der Waals surface area contributed by atoms with Gasteiger partial charge < -0.3 is 14.9 Å². The number of nitrogens with zero attached hydrogens (tertiary/aromatic N) is 1. The molecule has 0 spiro atoms. The van der Waals surface area contributed by atoms with E-state index in [-0.39, 0.29) is 12.5 Å². The molecule has 1 aromatic carbocycles. The molecule has 2 aliphatic carbocycles. The Morgan fingerprint density at radius 1 is 0.795 bits per heavy atom. The minimum absolute atomic E-state index is 0.188. The van der Waals surface area contributed by atoms with Gasteiger partial charge >= 0.3 is 11.9 Å². The van der Waals surface area contributed by atoms with Crippen LogP contribution in [0.1, 0.15) is 131 Å². The van der Waals surface area contributed by atoms with Crippen LogP contribution in [-0.2, 0) is 16.1 Å². The van der Waals surface area contributed by atoms with Crippen molar-refractivity contribution >= 4 is 11.9 Å². The van der Waals surface area contributed by atoms with Crippen LogP contribution in [0.2, 0.25) is 0 Å². The molecule has 2 aliphatic rings. The molecule has 39 heavy (non-hydrogen) atoms. The van der Waals surface area contributed by atoms with Crippen molar-refractivity contribution in [3.8, 4) is 0 Å². The lowest BCUT2D eigenvalue weighted by Crippen LogP contribution is -2.40. The molecule has 0 amide bonds. The van der Waals surface area contributed by atoms with Crippen molar-refractivity contribution in [3.05, 3.63) is 35.4 Å². The standard InChI is InChI=1S/C33H53NO5/c35-32(36)18-12-13-23-34(24-27-19-21-30(22-20-27)33(37)38)25-31(29-16-10-6-3-7-11-17-29)39-26-28-14-8-4-1-2-5-9-15-28/h19-22,28-29,31H,1-18,23-26H2,(H,35,36)(H,37,38). The second kappa shape index (κ2) is 18.4. The zero-order valence-corrected chi connectivity index (χ0v) is 24.2. The van der Waals surface area contributed by atoms with Crippen LogP contribution in [0.5, 0.6) is 0 Å². The minimum atomic E-state index is -0.908. The molecule has 0 heterocycles. The molecule has 6 nitrogen and oxygen atoms in total. The summed E-state index contributed by atoms with van der Waals surface area (Å²) in [7, 11) is 0. The predicted molar refractivity (Wildman–Crippen MR) is 156 cm³/mol. The number of benzene rings is 1. The van der Waals surface area contributed by atoms with Crippen molar-refractivity contribution < 1.29 is 24.5 Å². The first kappa shape index (κ1) is 31.6. The summed E-state index contributed by atoms with van der Waals surface area (Å²) in [6, 6.07) is 7.19. The lowest BCUT2D eigenvalue weighted by atomic mass is 9.86. The molecule has 1 unspecified atom stereocenters. The molecule has 2 N–H and O–H groups in total. The molecule has 6 heteroatoms. The number of carbonyl (C=O) groups is 2. The average Bonchev–Trinajstić information content (AvgIpc) is 3.03. The van der Waals surface area contributed by atoms with Crippen LogP contribution in [0.15, 0.2) is 24.3 Å². The Bertz CT molecular complexity index is 808. The van der Waals surface area contributed by atoms with E-state index in [0.717, 1.165) is 38.2 Å². The van der Waals surface area contributed by atoms with E-state index in [0.29, 0.717) is 23.8 Å². The van der Waals surface area contributed by atoms with Gasteiger partial charge in [0.2, 0.25) is 0 Å². The lowest BCUT2D eigenvalue weighted by Gasteiger charge is -2.35. The molecular weight excluding hydrogens is 490 g/mol. The monoisotopic (exact) mass is 543 g/mol. The number of carboxylic acid groups (broad SMARTS) is 2. The number of ether oxygens (including phenoxy) is 1. The van der Waals surface area contributed by atoms with E-state index in [2.05, 4.69) is 4.90 Å². The van der Waals surface area contributed by atoms with Gasteiger partial charge in [0.05, 0.1) is 11.7 Å². The van der Waals surface area contributed by atoms with Gasteiger partial charge in [-0.1, -0.05) is 82.8 Å². The van der Waals surface area contributed by atoms with E-state index < -0.39 is 11.9 Å². The average molecular weight is 544 g/mol. The summed E-state index contributed by atoms with van der Waals surface area (Å²) in [6.45, 7) is 3.26. The first-order valence-corrected chi connectivity index (χ1v) is 15.9. The molecule has 1 atom stereocenters. The second-order valence-corrected chi connectivity index (χ2v) is 12.1. The van der Waals surface area contributed by atoms with Crippen LogP contribution in [0.3, 0.4) is 0 Å². The fourth-order valence-electron chi connectivity index (χ4n) is 6.45. The van der Waals surface area contributed by atoms with E-state index in [9.17, 15) is 14.7 Å². The zero-order chi connectivity index (χ0) is 27.7. The lowest BCUT2D eigenvalue weighted by molar-refractivity contribution is -0.137. The Labute approximate surface area is 236 Å². The molecule has 0 bridgehead atoms. The van der Waals surface area contributed by atoms with Crippen LogP contribution in [-0.4, -0.2) is 52.9 Å². The Balaban J connectivity index is 1.70. The van der Waals surface area contributed by atoms with Crippen LogP contribution < -0.4 is 0 Å². The molecular formula is C33H53NO5. The number of rotatable bonds is 14. The van der Waals surface area contributed by atoms with Crippen molar-refractivity contribution in [1.29, 1.82) is 0 Å². The zero-order valence-electron chi connectivity index (χ0n) is 24.2. The van der Waals surface area contributed by atoms with Gasteiger partial charge in [-0.15, -0.1) is 0 Å². The molecule has 0 radical (unpaired) electrons. The number of carboxylic acids is 2. The van der Waals surface area contributed by atoms with Crippen LogP contribution >= 0.6 is 0 Å². The number of aliphatic carboxylic acids is 1. The van der Waals surface area contributed by atoms with E-state index >= 15 is 0 Å². The van der Waals surface area contributed by atoms with E-state index in [1.807, 2.05) is 12.1 Å². The summed E-state index contributed by atoms with van der Waals surface area (Å²) in [5.41, 5.74) is 1.39. The molecule has 0 saturated heterocycles. The normalized spacial score (nSPS) is 19.4. The molecule has 3 rings (SSSR count). The van der Waals surface area contributed by atoms with Gasteiger partial charge in [-0.05, 0) is 74.6 Å². The third-order valence-electron chi connectivity index (χ3n) is 8.86. The maximum atomic E-state index is 11.3. The summed E-state index contributed by atoms with van der Waals surface area (Å²) in [5, 5.41) is 18.4. The van der Waals surface area contributed by atoms with E-state index in [1.165, 1.54) is 96.3 Å². The smallest absolute Gasteiger partial charge is 0.335 e. The highest BCUT2D eigenvalue weighted by atomic mass is 16.5. The van der Waals surface area contributed by atoms with Gasteiger partial charge in [0, 0.05) is 26.1 Å². The molecule has 0 aliphatic heterocycles. The highest BCUT2D eigenvalue weighted by Crippen LogP contribution is 2.29. The molecule has 220 valence electrons. The van der Waals surface area contributed by atoms with Crippen molar-refractivity contribution in [1.82, 2.24) is 4.90 Å². The topological polar surface area (TPSA) is 87.1 Å². The second-order valence-electron chi connectivity index (χ2n) is 12.1. The van der Waals surface area contributed by atoms with Crippen LogP contribution in [0.4, 0.5) is 0 Å². The summed E-state index contributed by atoms with van der Waals surface area (Å²) in [5.74, 6) is -0.421. The SMILES string of the molecule is O=C(O)CCCCN(Cc1ccc(C(=O)O)cc1)CC(OCC1CCCCCCCC1)C1CCCCCCC1. The number of aromatic carboxylic acids is 1. The van der Waals surface area contributed by atoms with Gasteiger partial charge in [0.25, 0.3) is 0 Å². The molecule has 1 aromatic rings. The molecule has 0 aromatic heterocycles. The predicted octanol–water partition coefficient (Wildman–Crippen LogP) is 7.94. The Hall–Kier alpha value is -1.92. The highest BCUT2D eigenvalue weighted by Gasteiger charge is 2.26. The first-order valence-electron chi connectivity index (χ1n) is 15.9. The van der Waals surface area contributed by atoms with Crippen molar-refractivity contribution in [3.63, 3.8) is 0 Å². The van der Waals surface area contributed by atoms with E-state index in [4.69, 9.17) is 9.84 Å². The quantitative estimate of drug-likeness (QED) is 0.232. The minimum Gasteiger partial charge on any atom is -0.481 e. The third-order valence-corrected chi connectivity index (χ3v) is 8.86. The molecule has 2 fully saturated rings. The van der Waals surface area contributed by atoms with Gasteiger partial charge in [0.1, 0.15) is 0 Å². The largest absolute Gasteiger partial charge is 0.481 e. The van der Waals surface area contributed by atoms with Gasteiger partial charge in [0.15, 0.2) is 0 Å². The maximum Gasteiger partial charge on any atom is 0.335 e. The first-order chi connectivity index (χ1) is 19.0. The van der Waals surface area contributed by atoms with Gasteiger partial charge in [-0.2, -0.15) is 0 Å². The maximum absolute atomic E-state index is 11.3. The number of hydrogen-bond acceptors (Lipinski definition) is 4.